The molecule has 0 spiro atoms. The number of nitrogens with zero attached hydrogens (tertiary/aromatic N) is 5. The van der Waals surface area contributed by atoms with E-state index in [0.29, 0.717) is 45.3 Å². The lowest BCUT2D eigenvalue weighted by atomic mass is 9.93. The van der Waals surface area contributed by atoms with Crippen molar-refractivity contribution in [2.24, 2.45) is 0 Å². The van der Waals surface area contributed by atoms with Crippen LogP contribution in [0.2, 0.25) is 5.02 Å². The number of rotatable bonds is 10. The van der Waals surface area contributed by atoms with Crippen LogP contribution in [0, 0.1) is 0 Å². The monoisotopic (exact) mass is 793 g/mol. The molecule has 8 rings (SSSR count). The van der Waals surface area contributed by atoms with Gasteiger partial charge in [-0.05, 0) is 92.6 Å². The highest BCUT2D eigenvalue weighted by atomic mass is 35.5. The molecule has 0 bridgehead atoms. The molecule has 2 aliphatic rings. The molecule has 2 amide bonds. The van der Waals surface area contributed by atoms with Crippen molar-refractivity contribution in [2.45, 2.75) is 69.7 Å². The van der Waals surface area contributed by atoms with E-state index >= 15 is 0 Å². The highest BCUT2D eigenvalue weighted by Crippen LogP contribution is 2.31. The molecule has 2 saturated heterocycles. The standard InChI is InChI=1S/C30H33ClN4O3.C13H15N3O3/c31-24-14-12-23(13-15-24)21-33(20-22-7-2-1-3-8-22)17-6-9-25-19-26(16-18-34(25)30(37)38)35-28-11-5-4-10-27(28)32-29(35)36;17-12-14-10-3-1-2-4-11(10)16(12)9-5-7-15(8-6-9)13(18)19/h1-5,7-8,10-15,25-26H,6,9,16-21H2,(H,32,36)(H,37,38);1-4,9H,5-8H2,(H,14,17)(H,18,19)/t25-,26?;/m0./s1. The van der Waals surface area contributed by atoms with Crippen molar-refractivity contribution in [2.75, 3.05) is 26.2 Å². The average molecular weight is 794 g/mol. The Hall–Kier alpha value is -5.79. The smallest absolute Gasteiger partial charge is 0.407 e. The summed E-state index contributed by atoms with van der Waals surface area (Å²) < 4.78 is 3.58. The van der Waals surface area contributed by atoms with Crippen LogP contribution in [0.5, 0.6) is 0 Å². The van der Waals surface area contributed by atoms with Gasteiger partial charge >= 0.3 is 23.6 Å². The molecule has 6 aromatic rings. The molecule has 4 aromatic carbocycles. The summed E-state index contributed by atoms with van der Waals surface area (Å²) in [5.41, 5.74) is 5.59. The zero-order chi connectivity index (χ0) is 39.9. The number of halogens is 1. The van der Waals surface area contributed by atoms with Gasteiger partial charge in [0.2, 0.25) is 0 Å². The summed E-state index contributed by atoms with van der Waals surface area (Å²) in [5, 5.41) is 19.6. The highest BCUT2D eigenvalue weighted by Gasteiger charge is 2.33. The molecule has 0 radical (unpaired) electrons. The highest BCUT2D eigenvalue weighted by molar-refractivity contribution is 6.30. The third-order valence-electron chi connectivity index (χ3n) is 11.2. The summed E-state index contributed by atoms with van der Waals surface area (Å²) in [6.07, 6.45) is 2.43. The Bertz CT molecular complexity index is 2400. The topological polar surface area (TPSA) is 160 Å². The average Bonchev–Trinajstić information content (AvgIpc) is 3.74. The van der Waals surface area contributed by atoms with Crippen molar-refractivity contribution in [3.8, 4) is 0 Å². The van der Waals surface area contributed by atoms with Crippen LogP contribution in [0.25, 0.3) is 22.1 Å². The minimum absolute atomic E-state index is 0.0336. The summed E-state index contributed by atoms with van der Waals surface area (Å²) >= 11 is 6.09. The van der Waals surface area contributed by atoms with Crippen LogP contribution in [0.1, 0.15) is 61.7 Å². The van der Waals surface area contributed by atoms with Gasteiger partial charge in [-0.3, -0.25) is 14.0 Å². The summed E-state index contributed by atoms with van der Waals surface area (Å²) in [6, 6.07) is 33.5. The van der Waals surface area contributed by atoms with E-state index in [0.717, 1.165) is 59.6 Å². The van der Waals surface area contributed by atoms with Gasteiger partial charge in [-0.15, -0.1) is 0 Å². The number of imidazole rings is 2. The lowest BCUT2D eigenvalue weighted by molar-refractivity contribution is 0.0853. The number of carboxylic acid groups (broad SMARTS) is 2. The Balaban J connectivity index is 0.000000218. The van der Waals surface area contributed by atoms with Crippen LogP contribution >= 0.6 is 11.6 Å². The second-order valence-electron chi connectivity index (χ2n) is 14.9. The summed E-state index contributed by atoms with van der Waals surface area (Å²) in [7, 11) is 0. The van der Waals surface area contributed by atoms with Gasteiger partial charge in [0.15, 0.2) is 0 Å². The maximum absolute atomic E-state index is 12.8. The molecule has 298 valence electrons. The van der Waals surface area contributed by atoms with E-state index in [9.17, 15) is 24.3 Å². The van der Waals surface area contributed by atoms with Crippen LogP contribution in [0.15, 0.2) is 113 Å². The van der Waals surface area contributed by atoms with Gasteiger partial charge < -0.3 is 30.0 Å². The number of H-pyrrole nitrogens is 2. The number of para-hydroxylation sites is 4. The van der Waals surface area contributed by atoms with Crippen molar-refractivity contribution in [1.29, 1.82) is 0 Å². The fourth-order valence-corrected chi connectivity index (χ4v) is 8.56. The molecule has 0 saturated carbocycles. The van der Waals surface area contributed by atoms with E-state index in [1.165, 1.54) is 16.0 Å². The van der Waals surface area contributed by atoms with Crippen LogP contribution in [0.4, 0.5) is 9.59 Å². The molecule has 14 heteroatoms. The van der Waals surface area contributed by atoms with Crippen molar-refractivity contribution >= 4 is 45.9 Å². The molecule has 13 nitrogen and oxygen atoms in total. The Morgan fingerprint density at radius 3 is 1.77 bits per heavy atom. The third-order valence-corrected chi connectivity index (χ3v) is 11.5. The quantitative estimate of drug-likeness (QED) is 0.110. The minimum atomic E-state index is -0.887. The molecular formula is C43H48ClN7O6. The molecule has 2 aliphatic heterocycles. The Morgan fingerprint density at radius 1 is 0.667 bits per heavy atom. The fourth-order valence-electron chi connectivity index (χ4n) is 8.43. The molecular weight excluding hydrogens is 746 g/mol. The summed E-state index contributed by atoms with van der Waals surface area (Å²) in [6.45, 7) is 3.81. The number of hydrogen-bond acceptors (Lipinski definition) is 5. The number of likely N-dealkylation sites (tertiary alicyclic amines) is 2. The van der Waals surface area contributed by atoms with E-state index in [1.54, 1.807) is 9.47 Å². The van der Waals surface area contributed by atoms with Crippen LogP contribution in [0.3, 0.4) is 0 Å². The lowest BCUT2D eigenvalue weighted by Gasteiger charge is -2.38. The number of fused-ring (bicyclic) bond motifs is 2. The number of aromatic nitrogens is 4. The number of nitrogens with one attached hydrogen (secondary N) is 2. The van der Waals surface area contributed by atoms with Gasteiger partial charge in [0.1, 0.15) is 0 Å². The lowest BCUT2D eigenvalue weighted by Crippen LogP contribution is -2.47. The fraction of sp³-hybridized carbons (Fsp3) is 0.349. The molecule has 4 N–H and O–H groups in total. The molecule has 2 aromatic heterocycles. The first-order valence-electron chi connectivity index (χ1n) is 19.5. The van der Waals surface area contributed by atoms with Gasteiger partial charge in [0.05, 0.1) is 22.1 Å². The van der Waals surface area contributed by atoms with E-state index in [1.807, 2.05) is 71.3 Å². The summed E-state index contributed by atoms with van der Waals surface area (Å²) in [4.78, 5) is 58.9. The first-order chi connectivity index (χ1) is 27.6. The van der Waals surface area contributed by atoms with Crippen molar-refractivity contribution in [3.05, 3.63) is 140 Å². The zero-order valence-corrected chi connectivity index (χ0v) is 32.4. The van der Waals surface area contributed by atoms with E-state index in [2.05, 4.69) is 51.3 Å². The molecule has 2 atom stereocenters. The molecule has 0 aliphatic carbocycles. The van der Waals surface area contributed by atoms with Gasteiger partial charge in [-0.1, -0.05) is 78.3 Å². The predicted molar refractivity (Wildman–Crippen MR) is 221 cm³/mol. The van der Waals surface area contributed by atoms with E-state index in [4.69, 9.17) is 16.7 Å². The first kappa shape index (κ1) is 39.4. The van der Waals surface area contributed by atoms with Crippen LogP contribution in [-0.4, -0.2) is 88.4 Å². The SMILES string of the molecule is O=C(O)N1CCC(n2c(=O)[nH]c3ccccc32)CC1.O=C(O)N1CCC(n2c(=O)[nH]c3ccccc32)C[C@@H]1CCCN(Cc1ccccc1)Cc1ccc(Cl)cc1. The number of aromatic amines is 2. The molecule has 57 heavy (non-hydrogen) atoms. The Labute approximate surface area is 334 Å². The zero-order valence-electron chi connectivity index (χ0n) is 31.7. The third kappa shape index (κ3) is 9.44. The molecule has 2 fully saturated rings. The number of amides is 2. The van der Waals surface area contributed by atoms with E-state index in [-0.39, 0.29) is 29.5 Å². The van der Waals surface area contributed by atoms with Gasteiger partial charge in [-0.25, -0.2) is 19.2 Å². The second-order valence-corrected chi connectivity index (χ2v) is 15.3. The van der Waals surface area contributed by atoms with Crippen molar-refractivity contribution in [3.63, 3.8) is 0 Å². The predicted octanol–water partition coefficient (Wildman–Crippen LogP) is 7.79. The van der Waals surface area contributed by atoms with Crippen molar-refractivity contribution < 1.29 is 19.8 Å². The number of hydrogen-bond donors (Lipinski definition) is 4. The van der Waals surface area contributed by atoms with Crippen LogP contribution < -0.4 is 11.4 Å². The van der Waals surface area contributed by atoms with Crippen molar-refractivity contribution in [1.82, 2.24) is 33.8 Å². The molecule has 4 heterocycles. The van der Waals surface area contributed by atoms with E-state index < -0.39 is 12.2 Å². The minimum Gasteiger partial charge on any atom is -0.465 e. The number of carbonyl (C=O) groups is 2. The Morgan fingerprint density at radius 2 is 1.19 bits per heavy atom. The van der Waals surface area contributed by atoms with Gasteiger partial charge in [0.25, 0.3) is 0 Å². The number of benzene rings is 4. The second kappa shape index (κ2) is 18.0. The Kier molecular flexibility index (Phi) is 12.4. The van der Waals surface area contributed by atoms with Gasteiger partial charge in [0, 0.05) is 55.9 Å². The largest absolute Gasteiger partial charge is 0.465 e. The number of piperidine rings is 2. The van der Waals surface area contributed by atoms with Gasteiger partial charge in [-0.2, -0.15) is 0 Å². The van der Waals surface area contributed by atoms with Crippen LogP contribution in [-0.2, 0) is 13.1 Å². The maximum Gasteiger partial charge on any atom is 0.407 e. The molecule has 1 unspecified atom stereocenters. The normalized spacial score (nSPS) is 17.5. The summed E-state index contributed by atoms with van der Waals surface area (Å²) in [5.74, 6) is 0. The maximum atomic E-state index is 12.8. The first-order valence-corrected chi connectivity index (χ1v) is 19.9.